The van der Waals surface area contributed by atoms with E-state index in [0.717, 1.165) is 11.6 Å². The van der Waals surface area contributed by atoms with Gasteiger partial charge in [0.05, 0.1) is 21.4 Å². The van der Waals surface area contributed by atoms with Gasteiger partial charge in [0.1, 0.15) is 11.6 Å². The predicted octanol–water partition coefficient (Wildman–Crippen LogP) is 5.46. The minimum atomic E-state index is -1.37. The maximum Gasteiger partial charge on any atom is 0.181 e. The van der Waals surface area contributed by atoms with Crippen LogP contribution in [0.3, 0.4) is 0 Å². The zero-order chi connectivity index (χ0) is 21.2. The van der Waals surface area contributed by atoms with E-state index in [1.807, 2.05) is 20.8 Å². The van der Waals surface area contributed by atoms with E-state index in [4.69, 9.17) is 16.0 Å². The molecule has 0 saturated carbocycles. The van der Waals surface area contributed by atoms with Crippen LogP contribution in [0.1, 0.15) is 37.9 Å². The monoisotopic (exact) mass is 438 g/mol. The molecule has 0 aliphatic rings. The lowest BCUT2D eigenvalue weighted by molar-refractivity contribution is 0.566. The van der Waals surface area contributed by atoms with Crippen LogP contribution in [0, 0.1) is 11.6 Å². The van der Waals surface area contributed by atoms with Crippen molar-refractivity contribution in [1.82, 2.24) is 9.71 Å². The number of oxazole rings is 1. The molecule has 1 aromatic heterocycles. The molecular formula is C21H21ClF2N2O2S. The van der Waals surface area contributed by atoms with E-state index in [0.29, 0.717) is 22.0 Å². The fourth-order valence-corrected chi connectivity index (χ4v) is 3.72. The predicted molar refractivity (Wildman–Crippen MR) is 111 cm³/mol. The summed E-state index contributed by atoms with van der Waals surface area (Å²) in [7, 11) is -1.37. The van der Waals surface area contributed by atoms with Crippen molar-refractivity contribution >= 4 is 22.6 Å². The van der Waals surface area contributed by atoms with Crippen LogP contribution in [0.15, 0.2) is 53.3 Å². The van der Waals surface area contributed by atoms with Gasteiger partial charge in [-0.3, -0.25) is 0 Å². The molecule has 0 spiro atoms. The summed E-state index contributed by atoms with van der Waals surface area (Å²) in [6.45, 7) is 5.66. The maximum absolute atomic E-state index is 13.9. The highest BCUT2D eigenvalue weighted by molar-refractivity contribution is 7.84. The average Bonchev–Trinajstić information content (AvgIpc) is 3.10. The molecule has 2 unspecified atom stereocenters. The van der Waals surface area contributed by atoms with Crippen LogP contribution < -0.4 is 4.72 Å². The number of nitrogens with one attached hydrogen (secondary N) is 1. The summed E-state index contributed by atoms with van der Waals surface area (Å²) >= 11 is 5.96. The largest absolute Gasteiger partial charge is 0.443 e. The summed E-state index contributed by atoms with van der Waals surface area (Å²) in [5, 5.41) is 0.570. The van der Waals surface area contributed by atoms with Gasteiger partial charge in [0, 0.05) is 29.1 Å². The molecule has 3 rings (SSSR count). The van der Waals surface area contributed by atoms with E-state index < -0.39 is 33.3 Å². The third kappa shape index (κ3) is 5.29. The van der Waals surface area contributed by atoms with Crippen LogP contribution in [0.25, 0.3) is 11.3 Å². The zero-order valence-corrected chi connectivity index (χ0v) is 17.8. The van der Waals surface area contributed by atoms with Gasteiger partial charge in [0.25, 0.3) is 0 Å². The highest BCUT2D eigenvalue weighted by Crippen LogP contribution is 2.33. The zero-order valence-electron chi connectivity index (χ0n) is 16.2. The Balaban J connectivity index is 2.03. The molecule has 4 nitrogen and oxygen atoms in total. The van der Waals surface area contributed by atoms with Crippen molar-refractivity contribution in [3.63, 3.8) is 0 Å². The minimum absolute atomic E-state index is 0.153. The molecular weight excluding hydrogens is 418 g/mol. The van der Waals surface area contributed by atoms with Crippen LogP contribution in [0.4, 0.5) is 8.78 Å². The summed E-state index contributed by atoms with van der Waals surface area (Å²) in [6, 6.07) is 10.3. The van der Waals surface area contributed by atoms with Crippen LogP contribution in [0.5, 0.6) is 0 Å². The van der Waals surface area contributed by atoms with Gasteiger partial charge >= 0.3 is 0 Å². The lowest BCUT2D eigenvalue weighted by atomic mass is 9.93. The highest BCUT2D eigenvalue weighted by Gasteiger charge is 2.27. The molecule has 0 radical (unpaired) electrons. The molecule has 0 bridgehead atoms. The second-order valence-electron chi connectivity index (χ2n) is 7.56. The van der Waals surface area contributed by atoms with E-state index in [2.05, 4.69) is 9.71 Å². The van der Waals surface area contributed by atoms with Gasteiger partial charge in [-0.15, -0.1) is 0 Å². The van der Waals surface area contributed by atoms with Crippen molar-refractivity contribution in [3.8, 4) is 11.3 Å². The second kappa shape index (κ2) is 8.73. The molecule has 8 heteroatoms. The molecule has 29 heavy (non-hydrogen) atoms. The van der Waals surface area contributed by atoms with Crippen molar-refractivity contribution < 1.29 is 17.4 Å². The average molecular weight is 439 g/mol. The Morgan fingerprint density at radius 1 is 1.14 bits per heavy atom. The molecule has 2 aromatic carbocycles. The van der Waals surface area contributed by atoms with Crippen molar-refractivity contribution in [2.75, 3.05) is 6.54 Å². The molecule has 0 aliphatic carbocycles. The number of hydrogen-bond donors (Lipinski definition) is 1. The van der Waals surface area contributed by atoms with Gasteiger partial charge < -0.3 is 4.42 Å². The molecule has 0 fully saturated rings. The van der Waals surface area contributed by atoms with Gasteiger partial charge in [-0.05, 0) is 62.7 Å². The van der Waals surface area contributed by atoms with E-state index >= 15 is 0 Å². The first-order valence-corrected chi connectivity index (χ1v) is 10.5. The fourth-order valence-electron chi connectivity index (χ4n) is 2.84. The second-order valence-corrected chi connectivity index (χ2v) is 10.0. The Morgan fingerprint density at radius 2 is 1.76 bits per heavy atom. The van der Waals surface area contributed by atoms with Crippen molar-refractivity contribution in [3.05, 3.63) is 76.8 Å². The van der Waals surface area contributed by atoms with Gasteiger partial charge in [0.2, 0.25) is 0 Å². The Morgan fingerprint density at radius 3 is 2.34 bits per heavy atom. The molecule has 3 aromatic rings. The SMILES string of the molecule is CC(C)(C)S(=O)NCC(c1cc(F)cc(F)c1)c1ncoc1-c1ccc(Cl)cc1. The number of aromatic nitrogens is 1. The van der Waals surface area contributed by atoms with Gasteiger partial charge in [-0.25, -0.2) is 22.7 Å². The van der Waals surface area contributed by atoms with Crippen molar-refractivity contribution in [2.45, 2.75) is 31.4 Å². The first kappa shape index (κ1) is 21.6. The highest BCUT2D eigenvalue weighted by atomic mass is 35.5. The summed E-state index contributed by atoms with van der Waals surface area (Å²) in [4.78, 5) is 4.31. The molecule has 0 aliphatic heterocycles. The van der Waals surface area contributed by atoms with Crippen molar-refractivity contribution in [2.24, 2.45) is 0 Å². The summed E-state index contributed by atoms with van der Waals surface area (Å²) in [6.07, 6.45) is 1.28. The summed E-state index contributed by atoms with van der Waals surface area (Å²) in [5.41, 5.74) is 1.57. The van der Waals surface area contributed by atoms with Crippen LogP contribution in [-0.4, -0.2) is 20.5 Å². The third-order valence-electron chi connectivity index (χ3n) is 4.29. The number of benzene rings is 2. The quantitative estimate of drug-likeness (QED) is 0.556. The Kier molecular flexibility index (Phi) is 6.51. The first-order valence-electron chi connectivity index (χ1n) is 8.96. The normalized spacial score (nSPS) is 14.0. The molecule has 154 valence electrons. The number of halogens is 3. The topological polar surface area (TPSA) is 55.1 Å². The lowest BCUT2D eigenvalue weighted by Gasteiger charge is -2.22. The molecule has 1 N–H and O–H groups in total. The smallest absolute Gasteiger partial charge is 0.181 e. The molecule has 0 amide bonds. The number of rotatable bonds is 6. The van der Waals surface area contributed by atoms with E-state index in [-0.39, 0.29) is 6.54 Å². The van der Waals surface area contributed by atoms with Crippen LogP contribution in [0.2, 0.25) is 5.02 Å². The minimum Gasteiger partial charge on any atom is -0.443 e. The standard InChI is InChI=1S/C21H21ClF2N2O2S/c1-21(2,3)29(27)26-11-18(14-8-16(23)10-17(24)9-14)19-20(28-12-25-19)13-4-6-15(22)7-5-13/h4-10,12,18,26H,11H2,1-3H3. The third-order valence-corrected chi connectivity index (χ3v) is 6.09. The lowest BCUT2D eigenvalue weighted by Crippen LogP contribution is -2.36. The molecule has 0 saturated heterocycles. The van der Waals surface area contributed by atoms with Crippen LogP contribution in [-0.2, 0) is 11.0 Å². The maximum atomic E-state index is 13.9. The number of hydrogen-bond acceptors (Lipinski definition) is 3. The summed E-state index contributed by atoms with van der Waals surface area (Å²) in [5.74, 6) is -1.52. The fraction of sp³-hybridized carbons (Fsp3) is 0.286. The van der Waals surface area contributed by atoms with E-state index in [1.165, 1.54) is 18.5 Å². The molecule has 2 atom stereocenters. The Hall–Kier alpha value is -2.09. The van der Waals surface area contributed by atoms with Crippen LogP contribution >= 0.6 is 11.6 Å². The van der Waals surface area contributed by atoms with Gasteiger partial charge in [0.15, 0.2) is 12.2 Å². The Labute approximate surface area is 175 Å². The first-order chi connectivity index (χ1) is 13.6. The van der Waals surface area contributed by atoms with Gasteiger partial charge in [-0.1, -0.05) is 11.6 Å². The van der Waals surface area contributed by atoms with Crippen molar-refractivity contribution in [1.29, 1.82) is 0 Å². The summed E-state index contributed by atoms with van der Waals surface area (Å²) < 4.78 is 48.3. The van der Waals surface area contributed by atoms with E-state index in [9.17, 15) is 13.0 Å². The number of nitrogens with zero attached hydrogens (tertiary/aromatic N) is 1. The molecule has 1 heterocycles. The van der Waals surface area contributed by atoms with E-state index in [1.54, 1.807) is 24.3 Å². The Bertz CT molecular complexity index is 996. The van der Waals surface area contributed by atoms with Gasteiger partial charge in [-0.2, -0.15) is 0 Å².